The largest absolute Gasteiger partial charge is 0.369 e. The molecular weight excluding hydrogens is 339 g/mol. The fourth-order valence-electron chi connectivity index (χ4n) is 3.44. The number of halogens is 1. The van der Waals surface area contributed by atoms with Crippen LogP contribution in [0.25, 0.3) is 23.4 Å². The van der Waals surface area contributed by atoms with Crippen molar-refractivity contribution in [2.45, 2.75) is 12.8 Å². The molecule has 0 aliphatic carbocycles. The van der Waals surface area contributed by atoms with Crippen molar-refractivity contribution >= 4 is 17.8 Å². The molecule has 0 spiro atoms. The van der Waals surface area contributed by atoms with Crippen molar-refractivity contribution < 1.29 is 4.39 Å². The van der Waals surface area contributed by atoms with Crippen molar-refractivity contribution in [1.82, 2.24) is 9.97 Å². The summed E-state index contributed by atoms with van der Waals surface area (Å²) in [6, 6.07) is 12.6. The van der Waals surface area contributed by atoms with Gasteiger partial charge in [0.1, 0.15) is 11.9 Å². The monoisotopic (exact) mass is 358 g/mol. The Balaban J connectivity index is 1.66. The molecule has 0 amide bonds. The first kappa shape index (κ1) is 17.0. The predicted octanol–water partition coefficient (Wildman–Crippen LogP) is 4.86. The standard InChI is InChI=1S/C22H19FN4/c23-19-6-3-16(4-7-19)5-8-20-13-17(9-10-25-20)21-22(18(14-24)15-26-21)27-11-1-2-12-27/h3-10,13,15,26H,1-2,11-12H2/b8-5+. The first-order chi connectivity index (χ1) is 13.2. The average Bonchev–Trinajstić information content (AvgIpc) is 3.37. The van der Waals surface area contributed by atoms with E-state index in [0.29, 0.717) is 5.56 Å². The maximum absolute atomic E-state index is 13.0. The van der Waals surface area contributed by atoms with Crippen LogP contribution in [-0.4, -0.2) is 23.1 Å². The molecule has 1 aromatic carbocycles. The summed E-state index contributed by atoms with van der Waals surface area (Å²) in [5.74, 6) is -0.248. The molecule has 3 heterocycles. The third-order valence-electron chi connectivity index (χ3n) is 4.78. The van der Waals surface area contributed by atoms with Gasteiger partial charge in [-0.2, -0.15) is 5.26 Å². The van der Waals surface area contributed by atoms with E-state index in [1.807, 2.05) is 24.3 Å². The number of benzene rings is 1. The second kappa shape index (κ2) is 7.46. The third kappa shape index (κ3) is 3.61. The predicted molar refractivity (Wildman–Crippen MR) is 106 cm³/mol. The number of rotatable bonds is 4. The van der Waals surface area contributed by atoms with E-state index < -0.39 is 0 Å². The summed E-state index contributed by atoms with van der Waals surface area (Å²) in [7, 11) is 0. The van der Waals surface area contributed by atoms with Gasteiger partial charge in [0, 0.05) is 31.0 Å². The molecule has 4 nitrogen and oxygen atoms in total. The number of hydrogen-bond donors (Lipinski definition) is 1. The van der Waals surface area contributed by atoms with E-state index in [1.54, 1.807) is 24.5 Å². The molecule has 1 saturated heterocycles. The minimum Gasteiger partial charge on any atom is -0.369 e. The quantitative estimate of drug-likeness (QED) is 0.725. The lowest BCUT2D eigenvalue weighted by molar-refractivity contribution is 0.628. The lowest BCUT2D eigenvalue weighted by Gasteiger charge is -2.19. The highest BCUT2D eigenvalue weighted by atomic mass is 19.1. The van der Waals surface area contributed by atoms with Crippen LogP contribution < -0.4 is 4.90 Å². The van der Waals surface area contributed by atoms with Crippen LogP contribution >= 0.6 is 0 Å². The molecule has 134 valence electrons. The van der Waals surface area contributed by atoms with Crippen molar-refractivity contribution in [2.24, 2.45) is 0 Å². The van der Waals surface area contributed by atoms with Gasteiger partial charge in [0.15, 0.2) is 0 Å². The number of pyridine rings is 1. The van der Waals surface area contributed by atoms with Crippen LogP contribution in [-0.2, 0) is 0 Å². The Bertz CT molecular complexity index is 1010. The Morgan fingerprint density at radius 1 is 1.11 bits per heavy atom. The number of hydrogen-bond acceptors (Lipinski definition) is 3. The second-order valence-electron chi connectivity index (χ2n) is 6.59. The molecule has 1 fully saturated rings. The number of aromatic amines is 1. The highest BCUT2D eigenvalue weighted by molar-refractivity contribution is 5.82. The van der Waals surface area contributed by atoms with Gasteiger partial charge >= 0.3 is 0 Å². The molecule has 0 bridgehead atoms. The molecular formula is C22H19FN4. The summed E-state index contributed by atoms with van der Waals surface area (Å²) < 4.78 is 13.0. The van der Waals surface area contributed by atoms with Crippen molar-refractivity contribution in [3.05, 3.63) is 71.4 Å². The third-order valence-corrected chi connectivity index (χ3v) is 4.78. The summed E-state index contributed by atoms with van der Waals surface area (Å²) in [5, 5.41) is 9.48. The number of nitriles is 1. The minimum atomic E-state index is -0.248. The Morgan fingerprint density at radius 2 is 1.89 bits per heavy atom. The van der Waals surface area contributed by atoms with Crippen LogP contribution in [0, 0.1) is 17.1 Å². The lowest BCUT2D eigenvalue weighted by Crippen LogP contribution is -2.18. The van der Waals surface area contributed by atoms with E-state index in [4.69, 9.17) is 0 Å². The van der Waals surface area contributed by atoms with Gasteiger partial charge in [0.2, 0.25) is 0 Å². The molecule has 4 rings (SSSR count). The number of H-pyrrole nitrogens is 1. The fraction of sp³-hybridized carbons (Fsp3) is 0.182. The molecule has 5 heteroatoms. The summed E-state index contributed by atoms with van der Waals surface area (Å²) in [4.78, 5) is 9.94. The lowest BCUT2D eigenvalue weighted by atomic mass is 10.1. The van der Waals surface area contributed by atoms with Crippen LogP contribution in [0.2, 0.25) is 0 Å². The molecule has 0 saturated carbocycles. The number of anilines is 1. The molecule has 3 aromatic rings. The van der Waals surface area contributed by atoms with Gasteiger partial charge in [0.25, 0.3) is 0 Å². The molecule has 1 aliphatic rings. The zero-order valence-corrected chi connectivity index (χ0v) is 14.8. The first-order valence-corrected chi connectivity index (χ1v) is 9.01. The normalized spacial score (nSPS) is 14.0. The molecule has 27 heavy (non-hydrogen) atoms. The van der Waals surface area contributed by atoms with E-state index in [0.717, 1.165) is 54.1 Å². The van der Waals surface area contributed by atoms with Crippen LogP contribution in [0.3, 0.4) is 0 Å². The van der Waals surface area contributed by atoms with E-state index >= 15 is 0 Å². The Labute approximate surface area is 157 Å². The summed E-state index contributed by atoms with van der Waals surface area (Å²) >= 11 is 0. The SMILES string of the molecule is N#Cc1c[nH]c(-c2ccnc(/C=C/c3ccc(F)cc3)c2)c1N1CCCC1. The highest BCUT2D eigenvalue weighted by Crippen LogP contribution is 2.35. The first-order valence-electron chi connectivity index (χ1n) is 9.01. The molecule has 0 unspecified atom stereocenters. The molecule has 2 aromatic heterocycles. The zero-order chi connectivity index (χ0) is 18.6. The van der Waals surface area contributed by atoms with E-state index in [9.17, 15) is 9.65 Å². The van der Waals surface area contributed by atoms with Gasteiger partial charge in [-0.25, -0.2) is 4.39 Å². The van der Waals surface area contributed by atoms with E-state index in [2.05, 4.69) is 20.9 Å². The Morgan fingerprint density at radius 3 is 2.63 bits per heavy atom. The number of nitrogens with one attached hydrogen (secondary N) is 1. The van der Waals surface area contributed by atoms with Crippen LogP contribution in [0.5, 0.6) is 0 Å². The van der Waals surface area contributed by atoms with Gasteiger partial charge in [-0.1, -0.05) is 18.2 Å². The number of aromatic nitrogens is 2. The van der Waals surface area contributed by atoms with Crippen molar-refractivity contribution in [3.63, 3.8) is 0 Å². The van der Waals surface area contributed by atoms with Crippen molar-refractivity contribution in [1.29, 1.82) is 5.26 Å². The van der Waals surface area contributed by atoms with Gasteiger partial charge < -0.3 is 9.88 Å². The number of nitrogens with zero attached hydrogens (tertiary/aromatic N) is 3. The van der Waals surface area contributed by atoms with E-state index in [-0.39, 0.29) is 5.82 Å². The van der Waals surface area contributed by atoms with Crippen LogP contribution in [0.15, 0.2) is 48.8 Å². The molecule has 0 radical (unpaired) electrons. The summed E-state index contributed by atoms with van der Waals surface area (Å²) in [6.45, 7) is 1.95. The smallest absolute Gasteiger partial charge is 0.123 e. The zero-order valence-electron chi connectivity index (χ0n) is 14.8. The van der Waals surface area contributed by atoms with Crippen LogP contribution in [0.1, 0.15) is 29.7 Å². The maximum Gasteiger partial charge on any atom is 0.123 e. The van der Waals surface area contributed by atoms with Crippen molar-refractivity contribution in [3.8, 4) is 17.3 Å². The Hall–Kier alpha value is -3.39. The average molecular weight is 358 g/mol. The minimum absolute atomic E-state index is 0.248. The molecule has 1 N–H and O–H groups in total. The Kier molecular flexibility index (Phi) is 4.71. The van der Waals surface area contributed by atoms with Gasteiger partial charge in [-0.3, -0.25) is 4.98 Å². The summed E-state index contributed by atoms with van der Waals surface area (Å²) in [6.07, 6.45) is 9.65. The van der Waals surface area contributed by atoms with Gasteiger partial charge in [-0.05, 0) is 48.7 Å². The fourth-order valence-corrected chi connectivity index (χ4v) is 3.44. The molecule has 1 aliphatic heterocycles. The second-order valence-corrected chi connectivity index (χ2v) is 6.59. The maximum atomic E-state index is 13.0. The topological polar surface area (TPSA) is 55.7 Å². The molecule has 0 atom stereocenters. The van der Waals surface area contributed by atoms with E-state index in [1.165, 1.54) is 12.1 Å². The van der Waals surface area contributed by atoms with Crippen LogP contribution in [0.4, 0.5) is 10.1 Å². The van der Waals surface area contributed by atoms with Crippen molar-refractivity contribution in [2.75, 3.05) is 18.0 Å². The highest BCUT2D eigenvalue weighted by Gasteiger charge is 2.22. The summed E-state index contributed by atoms with van der Waals surface area (Å²) in [5.41, 5.74) is 5.31. The van der Waals surface area contributed by atoms with Gasteiger partial charge in [-0.15, -0.1) is 0 Å². The van der Waals surface area contributed by atoms with Gasteiger partial charge in [0.05, 0.1) is 22.6 Å².